The summed E-state index contributed by atoms with van der Waals surface area (Å²) in [6, 6.07) is -2.81. The highest BCUT2D eigenvalue weighted by Crippen LogP contribution is 2.06. The van der Waals surface area contributed by atoms with Gasteiger partial charge in [-0.3, -0.25) is 9.59 Å². The third-order valence-electron chi connectivity index (χ3n) is 4.47. The van der Waals surface area contributed by atoms with E-state index in [9.17, 15) is 19.5 Å². The molecule has 11 heteroatoms. The zero-order chi connectivity index (χ0) is 21.6. The molecule has 0 aromatic carbocycles. The molecule has 2 amide bonds. The number of rotatable bonds is 15. The van der Waals surface area contributed by atoms with Gasteiger partial charge in [0.25, 0.3) is 0 Å². The second-order valence-corrected chi connectivity index (χ2v) is 6.92. The van der Waals surface area contributed by atoms with E-state index in [0.717, 1.165) is 0 Å². The van der Waals surface area contributed by atoms with Crippen molar-refractivity contribution in [2.24, 2.45) is 17.2 Å². The number of nitrogens with one attached hydrogen (secondary N) is 3. The van der Waals surface area contributed by atoms with Gasteiger partial charge in [0.2, 0.25) is 11.8 Å². The highest BCUT2D eigenvalue weighted by atomic mass is 16.4. The van der Waals surface area contributed by atoms with Crippen LogP contribution in [0, 0.1) is 0 Å². The van der Waals surface area contributed by atoms with Crippen molar-refractivity contribution >= 4 is 17.8 Å². The van der Waals surface area contributed by atoms with Crippen LogP contribution in [-0.4, -0.2) is 64.1 Å². The van der Waals surface area contributed by atoms with Crippen LogP contribution in [0.3, 0.4) is 0 Å². The van der Waals surface area contributed by atoms with Gasteiger partial charge < -0.3 is 37.9 Å². The van der Waals surface area contributed by atoms with Crippen molar-refractivity contribution in [1.82, 2.24) is 20.6 Å². The van der Waals surface area contributed by atoms with E-state index < -0.39 is 35.9 Å². The van der Waals surface area contributed by atoms with Crippen LogP contribution in [0.25, 0.3) is 0 Å². The van der Waals surface area contributed by atoms with Crippen molar-refractivity contribution in [1.29, 1.82) is 0 Å². The largest absolute Gasteiger partial charge is 0.480 e. The number of carbonyl (C=O) groups excluding carboxylic acids is 2. The van der Waals surface area contributed by atoms with Crippen molar-refractivity contribution < 1.29 is 19.5 Å². The minimum atomic E-state index is -1.13. The molecule has 0 bridgehead atoms. The van der Waals surface area contributed by atoms with Gasteiger partial charge >= 0.3 is 5.97 Å². The van der Waals surface area contributed by atoms with E-state index in [1.54, 1.807) is 6.20 Å². The number of carboxylic acid groups (broad SMARTS) is 1. The zero-order valence-corrected chi connectivity index (χ0v) is 16.6. The van der Waals surface area contributed by atoms with Crippen molar-refractivity contribution in [3.05, 3.63) is 18.2 Å². The summed E-state index contributed by atoms with van der Waals surface area (Å²) in [5, 5.41) is 14.5. The molecule has 29 heavy (non-hydrogen) atoms. The predicted molar refractivity (Wildman–Crippen MR) is 108 cm³/mol. The van der Waals surface area contributed by atoms with Gasteiger partial charge in [0.05, 0.1) is 12.4 Å². The molecule has 0 saturated carbocycles. The van der Waals surface area contributed by atoms with E-state index >= 15 is 0 Å². The number of nitrogens with zero attached hydrogens (tertiary/aromatic N) is 1. The van der Waals surface area contributed by atoms with Gasteiger partial charge in [0, 0.05) is 18.3 Å². The highest BCUT2D eigenvalue weighted by Gasteiger charge is 2.27. The first-order chi connectivity index (χ1) is 13.9. The number of aliphatic carboxylic acids is 1. The van der Waals surface area contributed by atoms with Crippen molar-refractivity contribution in [3.63, 3.8) is 0 Å². The van der Waals surface area contributed by atoms with Gasteiger partial charge in [-0.25, -0.2) is 9.78 Å². The fraction of sp³-hybridized carbons (Fsp3) is 0.667. The summed E-state index contributed by atoms with van der Waals surface area (Å²) >= 11 is 0. The zero-order valence-electron chi connectivity index (χ0n) is 16.6. The fourth-order valence-corrected chi connectivity index (χ4v) is 2.79. The second kappa shape index (κ2) is 13.6. The number of hydrogen-bond acceptors (Lipinski definition) is 7. The van der Waals surface area contributed by atoms with Crippen LogP contribution in [0.4, 0.5) is 0 Å². The molecule has 0 saturated heterocycles. The van der Waals surface area contributed by atoms with Crippen LogP contribution in [0.15, 0.2) is 12.5 Å². The van der Waals surface area contributed by atoms with E-state index in [2.05, 4.69) is 20.6 Å². The van der Waals surface area contributed by atoms with Crippen LogP contribution in [0.1, 0.15) is 44.2 Å². The molecule has 0 radical (unpaired) electrons. The van der Waals surface area contributed by atoms with Gasteiger partial charge in [-0.15, -0.1) is 0 Å². The molecule has 164 valence electrons. The molecule has 0 fully saturated rings. The Morgan fingerprint density at radius 1 is 1.00 bits per heavy atom. The lowest BCUT2D eigenvalue weighted by Gasteiger charge is -2.23. The molecular formula is C18H33N7O4. The summed E-state index contributed by atoms with van der Waals surface area (Å²) in [6.07, 6.45) is 6.42. The number of carbonyl (C=O) groups is 3. The number of unbranched alkanes of at least 4 members (excludes halogenated alkanes) is 2. The molecule has 0 aliphatic carbocycles. The minimum absolute atomic E-state index is 0.236. The molecule has 0 aliphatic rings. The number of carboxylic acids is 1. The van der Waals surface area contributed by atoms with E-state index in [1.807, 2.05) is 0 Å². The van der Waals surface area contributed by atoms with Gasteiger partial charge in [-0.1, -0.05) is 0 Å². The maximum atomic E-state index is 12.7. The number of H-pyrrole nitrogens is 1. The Morgan fingerprint density at radius 3 is 2.10 bits per heavy atom. The number of amides is 2. The summed E-state index contributed by atoms with van der Waals surface area (Å²) in [4.78, 5) is 43.3. The first kappa shape index (κ1) is 24.5. The molecule has 1 rings (SSSR count). The Balaban J connectivity index is 2.71. The number of aromatic nitrogens is 2. The van der Waals surface area contributed by atoms with Crippen LogP contribution in [0.2, 0.25) is 0 Å². The Hall–Kier alpha value is -2.50. The fourth-order valence-electron chi connectivity index (χ4n) is 2.79. The number of imidazole rings is 1. The number of nitrogens with two attached hydrogens (primary N) is 3. The molecule has 1 heterocycles. The maximum absolute atomic E-state index is 12.7. The lowest BCUT2D eigenvalue weighted by molar-refractivity contribution is -0.142. The van der Waals surface area contributed by atoms with Crippen LogP contribution >= 0.6 is 0 Å². The average Bonchev–Trinajstić information content (AvgIpc) is 3.19. The normalized spacial score (nSPS) is 14.0. The molecule has 1 aromatic heterocycles. The topological polar surface area (TPSA) is 202 Å². The molecule has 0 aliphatic heterocycles. The molecule has 10 N–H and O–H groups in total. The summed E-state index contributed by atoms with van der Waals surface area (Å²) in [5.41, 5.74) is 17.6. The van der Waals surface area contributed by atoms with E-state index in [4.69, 9.17) is 17.2 Å². The summed E-state index contributed by atoms with van der Waals surface area (Å²) in [5.74, 6) is -2.18. The quantitative estimate of drug-likeness (QED) is 0.170. The van der Waals surface area contributed by atoms with Crippen molar-refractivity contribution in [2.45, 2.75) is 63.1 Å². The minimum Gasteiger partial charge on any atom is -0.480 e. The van der Waals surface area contributed by atoms with Crippen molar-refractivity contribution in [2.75, 3.05) is 13.1 Å². The third-order valence-corrected chi connectivity index (χ3v) is 4.47. The first-order valence-corrected chi connectivity index (χ1v) is 9.85. The van der Waals surface area contributed by atoms with Gasteiger partial charge in [0.15, 0.2) is 0 Å². The molecule has 1 aromatic rings. The van der Waals surface area contributed by atoms with Crippen LogP contribution < -0.4 is 27.8 Å². The Kier molecular flexibility index (Phi) is 11.5. The molecule has 11 nitrogen and oxygen atoms in total. The lowest BCUT2D eigenvalue weighted by Crippen LogP contribution is -2.54. The van der Waals surface area contributed by atoms with E-state index in [-0.39, 0.29) is 12.8 Å². The van der Waals surface area contributed by atoms with Crippen molar-refractivity contribution in [3.8, 4) is 0 Å². The monoisotopic (exact) mass is 411 g/mol. The summed E-state index contributed by atoms with van der Waals surface area (Å²) < 4.78 is 0. The molecule has 0 unspecified atom stereocenters. The highest BCUT2D eigenvalue weighted by molar-refractivity contribution is 5.91. The first-order valence-electron chi connectivity index (χ1n) is 9.85. The smallest absolute Gasteiger partial charge is 0.326 e. The molecule has 3 atom stereocenters. The van der Waals surface area contributed by atoms with Gasteiger partial charge in [0.1, 0.15) is 12.1 Å². The second-order valence-electron chi connectivity index (χ2n) is 6.92. The van der Waals surface area contributed by atoms with E-state index in [1.165, 1.54) is 6.33 Å². The third kappa shape index (κ3) is 9.50. The maximum Gasteiger partial charge on any atom is 0.326 e. The van der Waals surface area contributed by atoms with Gasteiger partial charge in [-0.05, 0) is 51.6 Å². The molecule has 0 spiro atoms. The summed E-state index contributed by atoms with van der Waals surface area (Å²) in [7, 11) is 0. The molecular weight excluding hydrogens is 378 g/mol. The Morgan fingerprint density at radius 2 is 1.59 bits per heavy atom. The average molecular weight is 412 g/mol. The SMILES string of the molecule is NCCCC[C@H](NC(=O)[C@H](CCCCN)NC(=O)[C@@H](N)Cc1cnc[nH]1)C(=O)O. The van der Waals surface area contributed by atoms with Crippen LogP contribution in [0.5, 0.6) is 0 Å². The lowest BCUT2D eigenvalue weighted by atomic mass is 10.0. The number of aromatic amines is 1. The Bertz CT molecular complexity index is 624. The predicted octanol–water partition coefficient (Wildman–Crippen LogP) is -1.41. The van der Waals surface area contributed by atoms with E-state index in [0.29, 0.717) is 50.9 Å². The number of hydrogen-bond donors (Lipinski definition) is 7. The standard InChI is InChI=1S/C18H33N7O4/c19-7-3-1-5-14(17(27)25-15(18(28)29)6-2-4-8-20)24-16(26)13(21)9-12-10-22-11-23-12/h10-11,13-15H,1-9,19-21H2,(H,22,23)(H,24,26)(H,25,27)(H,28,29)/t13-,14-,15-/m0/s1. The van der Waals surface area contributed by atoms with Crippen LogP contribution in [-0.2, 0) is 20.8 Å². The van der Waals surface area contributed by atoms with Gasteiger partial charge in [-0.2, -0.15) is 0 Å². The summed E-state index contributed by atoms with van der Waals surface area (Å²) in [6.45, 7) is 0.907. The Labute approximate surface area is 170 Å².